The predicted molar refractivity (Wildman–Crippen MR) is 67.3 cm³/mol. The Labute approximate surface area is 119 Å². The van der Waals surface area contributed by atoms with Crippen LogP contribution in [0.1, 0.15) is 29.3 Å². The zero-order chi connectivity index (χ0) is 15.6. The fourth-order valence-electron chi connectivity index (χ4n) is 2.21. The third-order valence-corrected chi connectivity index (χ3v) is 3.40. The van der Waals surface area contributed by atoms with Gasteiger partial charge in [-0.1, -0.05) is 6.92 Å². The monoisotopic (exact) mass is 305 g/mol. The summed E-state index contributed by atoms with van der Waals surface area (Å²) in [5.74, 6) is -1.92. The fourth-order valence-corrected chi connectivity index (χ4v) is 2.21. The number of carbonyl (C=O) groups is 1. The molecule has 2 rings (SSSR count). The minimum atomic E-state index is -4.82. The molecular weight excluding hydrogens is 290 g/mol. The van der Waals surface area contributed by atoms with E-state index in [9.17, 15) is 22.4 Å². The van der Waals surface area contributed by atoms with Crippen LogP contribution in [0.3, 0.4) is 0 Å². The van der Waals surface area contributed by atoms with Crippen LogP contribution in [0.25, 0.3) is 0 Å². The topological polar surface area (TPSA) is 29.5 Å². The number of halogens is 4. The van der Waals surface area contributed by atoms with Gasteiger partial charge in [-0.2, -0.15) is 13.2 Å². The van der Waals surface area contributed by atoms with Crippen LogP contribution in [0.4, 0.5) is 17.6 Å². The van der Waals surface area contributed by atoms with Crippen molar-refractivity contribution in [2.24, 2.45) is 0 Å². The van der Waals surface area contributed by atoms with Gasteiger partial charge in [-0.25, -0.2) is 4.39 Å². The average Bonchev–Trinajstić information content (AvgIpc) is 2.46. The van der Waals surface area contributed by atoms with Crippen LogP contribution in [0.2, 0.25) is 0 Å². The van der Waals surface area contributed by atoms with Gasteiger partial charge in [0.1, 0.15) is 5.82 Å². The van der Waals surface area contributed by atoms with Crippen molar-refractivity contribution in [2.75, 3.05) is 19.7 Å². The maximum atomic E-state index is 13.2. The molecule has 1 fully saturated rings. The first-order valence-corrected chi connectivity index (χ1v) is 6.60. The normalized spacial score (nSPS) is 19.7. The Kier molecular flexibility index (Phi) is 4.51. The molecule has 1 amide bonds. The number of alkyl halides is 3. The molecule has 1 aliphatic heterocycles. The molecule has 3 nitrogen and oxygen atoms in total. The maximum Gasteiger partial charge on any atom is 0.419 e. The van der Waals surface area contributed by atoms with E-state index in [2.05, 4.69) is 0 Å². The fraction of sp³-hybridized carbons (Fsp3) is 0.500. The van der Waals surface area contributed by atoms with Gasteiger partial charge in [0, 0.05) is 18.7 Å². The second-order valence-electron chi connectivity index (χ2n) is 4.84. The number of ether oxygens (including phenoxy) is 1. The summed E-state index contributed by atoms with van der Waals surface area (Å²) >= 11 is 0. The SMILES string of the molecule is CCC1CN(C(=O)c2ccc(F)c(C(F)(F)F)c2)CCO1. The Morgan fingerprint density at radius 3 is 2.76 bits per heavy atom. The highest BCUT2D eigenvalue weighted by atomic mass is 19.4. The van der Waals surface area contributed by atoms with Crippen molar-refractivity contribution in [3.8, 4) is 0 Å². The number of amides is 1. The lowest BCUT2D eigenvalue weighted by molar-refractivity contribution is -0.140. The zero-order valence-corrected chi connectivity index (χ0v) is 11.4. The summed E-state index contributed by atoms with van der Waals surface area (Å²) in [6, 6.07) is 2.31. The van der Waals surface area contributed by atoms with E-state index in [1.54, 1.807) is 0 Å². The van der Waals surface area contributed by atoms with Crippen LogP contribution in [-0.4, -0.2) is 36.6 Å². The summed E-state index contributed by atoms with van der Waals surface area (Å²) in [5.41, 5.74) is -1.59. The molecule has 0 spiro atoms. The molecule has 0 bridgehead atoms. The van der Waals surface area contributed by atoms with E-state index in [0.29, 0.717) is 38.2 Å². The minimum Gasteiger partial charge on any atom is -0.375 e. The largest absolute Gasteiger partial charge is 0.419 e. The van der Waals surface area contributed by atoms with Gasteiger partial charge < -0.3 is 9.64 Å². The number of hydrogen-bond donors (Lipinski definition) is 0. The molecule has 21 heavy (non-hydrogen) atoms. The van der Waals surface area contributed by atoms with Crippen LogP contribution in [0.5, 0.6) is 0 Å². The van der Waals surface area contributed by atoms with E-state index in [4.69, 9.17) is 4.74 Å². The van der Waals surface area contributed by atoms with Crippen molar-refractivity contribution in [1.29, 1.82) is 0 Å². The highest BCUT2D eigenvalue weighted by Crippen LogP contribution is 2.32. The van der Waals surface area contributed by atoms with E-state index < -0.39 is 23.5 Å². The molecule has 1 aromatic carbocycles. The van der Waals surface area contributed by atoms with E-state index >= 15 is 0 Å². The predicted octanol–water partition coefficient (Wildman–Crippen LogP) is 3.10. The van der Waals surface area contributed by atoms with Gasteiger partial charge in [-0.3, -0.25) is 4.79 Å². The van der Waals surface area contributed by atoms with Crippen molar-refractivity contribution in [1.82, 2.24) is 4.90 Å². The molecule has 116 valence electrons. The molecule has 7 heteroatoms. The Morgan fingerprint density at radius 1 is 1.43 bits per heavy atom. The number of benzene rings is 1. The van der Waals surface area contributed by atoms with E-state index in [1.807, 2.05) is 6.92 Å². The average molecular weight is 305 g/mol. The van der Waals surface area contributed by atoms with Gasteiger partial charge in [0.2, 0.25) is 0 Å². The first-order valence-electron chi connectivity index (χ1n) is 6.60. The van der Waals surface area contributed by atoms with Crippen molar-refractivity contribution in [2.45, 2.75) is 25.6 Å². The van der Waals surface area contributed by atoms with Gasteiger partial charge in [0.25, 0.3) is 5.91 Å². The zero-order valence-electron chi connectivity index (χ0n) is 11.4. The molecule has 0 radical (unpaired) electrons. The van der Waals surface area contributed by atoms with Crippen LogP contribution in [0, 0.1) is 5.82 Å². The first kappa shape index (κ1) is 15.8. The van der Waals surface area contributed by atoms with E-state index in [0.717, 1.165) is 6.07 Å². The molecule has 1 atom stereocenters. The molecule has 1 saturated heterocycles. The van der Waals surface area contributed by atoms with Crippen molar-refractivity contribution < 1.29 is 27.1 Å². The standard InChI is InChI=1S/C14H15F4NO2/c1-2-10-8-19(5-6-21-10)13(20)9-3-4-12(15)11(7-9)14(16,17)18/h3-4,7,10H,2,5-6,8H2,1H3. The summed E-state index contributed by atoms with van der Waals surface area (Å²) in [6.45, 7) is 2.89. The Hall–Kier alpha value is -1.63. The third kappa shape index (κ3) is 3.53. The number of rotatable bonds is 2. The molecule has 1 aliphatic rings. The Morgan fingerprint density at radius 2 is 2.14 bits per heavy atom. The molecule has 1 aromatic rings. The molecule has 1 unspecified atom stereocenters. The van der Waals surface area contributed by atoms with Crippen LogP contribution in [0.15, 0.2) is 18.2 Å². The lowest BCUT2D eigenvalue weighted by atomic mass is 10.1. The summed E-state index contributed by atoms with van der Waals surface area (Å²) in [7, 11) is 0. The summed E-state index contributed by atoms with van der Waals surface area (Å²) in [6.07, 6.45) is -4.23. The van der Waals surface area contributed by atoms with E-state index in [1.165, 1.54) is 4.90 Å². The molecule has 0 aromatic heterocycles. The second kappa shape index (κ2) is 6.01. The number of morpholine rings is 1. The first-order chi connectivity index (χ1) is 9.82. The van der Waals surface area contributed by atoms with E-state index in [-0.39, 0.29) is 11.7 Å². The maximum absolute atomic E-state index is 13.2. The van der Waals surface area contributed by atoms with Crippen molar-refractivity contribution in [3.05, 3.63) is 35.1 Å². The van der Waals surface area contributed by atoms with Crippen molar-refractivity contribution in [3.63, 3.8) is 0 Å². The minimum absolute atomic E-state index is 0.120. The number of hydrogen-bond acceptors (Lipinski definition) is 2. The molecule has 1 heterocycles. The van der Waals surface area contributed by atoms with Crippen LogP contribution < -0.4 is 0 Å². The smallest absolute Gasteiger partial charge is 0.375 e. The molecule has 0 aliphatic carbocycles. The lowest BCUT2D eigenvalue weighted by Crippen LogP contribution is -2.45. The van der Waals surface area contributed by atoms with Gasteiger partial charge >= 0.3 is 6.18 Å². The number of carbonyl (C=O) groups excluding carboxylic acids is 1. The van der Waals surface area contributed by atoms with Gasteiger partial charge in [-0.15, -0.1) is 0 Å². The molecule has 0 saturated carbocycles. The van der Waals surface area contributed by atoms with Crippen LogP contribution >= 0.6 is 0 Å². The van der Waals surface area contributed by atoms with Gasteiger partial charge in [-0.05, 0) is 24.6 Å². The molecule has 0 N–H and O–H groups in total. The lowest BCUT2D eigenvalue weighted by Gasteiger charge is -2.32. The quantitative estimate of drug-likeness (QED) is 0.786. The highest BCUT2D eigenvalue weighted by Gasteiger charge is 2.35. The van der Waals surface area contributed by atoms with Crippen molar-refractivity contribution >= 4 is 5.91 Å². The number of nitrogens with zero attached hydrogens (tertiary/aromatic N) is 1. The summed E-state index contributed by atoms with van der Waals surface area (Å²) in [4.78, 5) is 13.7. The van der Waals surface area contributed by atoms with Gasteiger partial charge in [0.05, 0.1) is 18.3 Å². The Balaban J connectivity index is 2.23. The third-order valence-electron chi connectivity index (χ3n) is 3.40. The molecular formula is C14H15F4NO2. The highest BCUT2D eigenvalue weighted by molar-refractivity contribution is 5.94. The summed E-state index contributed by atoms with van der Waals surface area (Å²) in [5, 5.41) is 0. The second-order valence-corrected chi connectivity index (χ2v) is 4.84. The Bertz CT molecular complexity index is 530. The summed E-state index contributed by atoms with van der Waals surface area (Å²) < 4.78 is 56.6. The van der Waals surface area contributed by atoms with Gasteiger partial charge in [0.15, 0.2) is 0 Å². The van der Waals surface area contributed by atoms with Crippen LogP contribution in [-0.2, 0) is 10.9 Å².